The molecular formula is C14H15FN2O3. The molecule has 6 heteroatoms. The molecule has 0 bridgehead atoms. The van der Waals surface area contributed by atoms with Crippen LogP contribution >= 0.6 is 0 Å². The lowest BCUT2D eigenvalue weighted by atomic mass is 9.85. The molecule has 0 spiro atoms. The average molecular weight is 278 g/mol. The normalized spacial score (nSPS) is 24.1. The molecule has 1 aromatic rings. The van der Waals surface area contributed by atoms with E-state index in [4.69, 9.17) is 5.11 Å². The molecule has 2 atom stereocenters. The Morgan fingerprint density at radius 3 is 2.90 bits per heavy atom. The fourth-order valence-corrected chi connectivity index (χ4v) is 3.08. The quantitative estimate of drug-likeness (QED) is 0.819. The second kappa shape index (κ2) is 4.47. The number of amides is 2. The minimum Gasteiger partial charge on any atom is -0.465 e. The maximum absolute atomic E-state index is 14.1. The summed E-state index contributed by atoms with van der Waals surface area (Å²) in [7, 11) is 0. The Morgan fingerprint density at radius 2 is 2.25 bits per heavy atom. The van der Waals surface area contributed by atoms with E-state index in [0.717, 1.165) is 5.56 Å². The molecule has 0 aliphatic carbocycles. The first kappa shape index (κ1) is 12.9. The van der Waals surface area contributed by atoms with Crippen LogP contribution < -0.4 is 5.32 Å². The van der Waals surface area contributed by atoms with E-state index >= 15 is 0 Å². The van der Waals surface area contributed by atoms with Gasteiger partial charge in [0.15, 0.2) is 0 Å². The molecule has 2 heterocycles. The first-order chi connectivity index (χ1) is 9.51. The van der Waals surface area contributed by atoms with Gasteiger partial charge in [-0.1, -0.05) is 13.0 Å². The Bertz CT molecular complexity index is 602. The molecule has 2 unspecified atom stereocenters. The van der Waals surface area contributed by atoms with Gasteiger partial charge in [-0.05, 0) is 23.6 Å². The molecule has 5 nitrogen and oxygen atoms in total. The van der Waals surface area contributed by atoms with Crippen molar-refractivity contribution < 1.29 is 19.1 Å². The van der Waals surface area contributed by atoms with Crippen molar-refractivity contribution in [3.05, 3.63) is 34.6 Å². The molecule has 1 aromatic carbocycles. The van der Waals surface area contributed by atoms with Gasteiger partial charge in [-0.3, -0.25) is 4.79 Å². The van der Waals surface area contributed by atoms with Crippen LogP contribution in [-0.2, 0) is 6.42 Å². The van der Waals surface area contributed by atoms with Gasteiger partial charge in [0, 0.05) is 19.0 Å². The molecule has 0 saturated carbocycles. The van der Waals surface area contributed by atoms with Crippen molar-refractivity contribution >= 4 is 12.0 Å². The first-order valence-electron chi connectivity index (χ1n) is 6.62. The maximum atomic E-state index is 14.1. The highest BCUT2D eigenvalue weighted by molar-refractivity contribution is 5.98. The number of carbonyl (C=O) groups is 2. The van der Waals surface area contributed by atoms with Crippen molar-refractivity contribution in [2.75, 3.05) is 13.1 Å². The van der Waals surface area contributed by atoms with Crippen molar-refractivity contribution in [1.82, 2.24) is 10.2 Å². The van der Waals surface area contributed by atoms with Crippen LogP contribution in [-0.4, -0.2) is 41.1 Å². The summed E-state index contributed by atoms with van der Waals surface area (Å²) in [5.74, 6) is -1.14. The third-order valence-electron chi connectivity index (χ3n) is 4.12. The number of likely N-dealkylation sites (tertiary alicyclic amines) is 1. The fourth-order valence-electron chi connectivity index (χ4n) is 3.08. The van der Waals surface area contributed by atoms with Crippen LogP contribution in [0.4, 0.5) is 9.18 Å². The summed E-state index contributed by atoms with van der Waals surface area (Å²) < 4.78 is 14.1. The van der Waals surface area contributed by atoms with Crippen LogP contribution in [0.3, 0.4) is 0 Å². The van der Waals surface area contributed by atoms with Gasteiger partial charge in [-0.15, -0.1) is 0 Å². The van der Waals surface area contributed by atoms with Crippen LogP contribution in [0.15, 0.2) is 12.1 Å². The largest absolute Gasteiger partial charge is 0.465 e. The number of fused-ring (bicyclic) bond motifs is 3. The minimum atomic E-state index is -1.01. The van der Waals surface area contributed by atoms with Crippen LogP contribution in [0.2, 0.25) is 0 Å². The van der Waals surface area contributed by atoms with Crippen molar-refractivity contribution in [2.24, 2.45) is 0 Å². The van der Waals surface area contributed by atoms with Crippen LogP contribution in [0.1, 0.15) is 34.3 Å². The van der Waals surface area contributed by atoms with E-state index in [1.165, 1.54) is 11.0 Å². The van der Waals surface area contributed by atoms with E-state index in [1.807, 2.05) is 13.0 Å². The number of hydrogen-bond acceptors (Lipinski definition) is 2. The molecule has 3 rings (SSSR count). The van der Waals surface area contributed by atoms with Crippen LogP contribution in [0.25, 0.3) is 0 Å². The molecule has 2 N–H and O–H groups in total. The molecule has 2 amide bonds. The molecule has 2 aliphatic heterocycles. The minimum absolute atomic E-state index is 0.0655. The standard InChI is InChI=1S/C14H15FN2O3/c1-2-7-3-8-9-5-17(14(19)20)6-11(9)16-13(18)12(8)10(15)4-7/h3-4,9,11H,2,5-6H2,1H3,(H,16,18)(H,19,20). The smallest absolute Gasteiger partial charge is 0.407 e. The predicted octanol–water partition coefficient (Wildman–Crippen LogP) is 1.58. The number of rotatable bonds is 1. The van der Waals surface area contributed by atoms with Gasteiger partial charge in [0.2, 0.25) is 0 Å². The number of nitrogens with zero attached hydrogens (tertiary/aromatic N) is 1. The lowest BCUT2D eigenvalue weighted by Crippen LogP contribution is -2.45. The van der Waals surface area contributed by atoms with Gasteiger partial charge in [0.1, 0.15) is 5.82 Å². The van der Waals surface area contributed by atoms with E-state index in [0.29, 0.717) is 18.5 Å². The molecule has 20 heavy (non-hydrogen) atoms. The van der Waals surface area contributed by atoms with Gasteiger partial charge in [0.25, 0.3) is 5.91 Å². The summed E-state index contributed by atoms with van der Waals surface area (Å²) in [4.78, 5) is 24.3. The molecule has 0 radical (unpaired) electrons. The molecule has 106 valence electrons. The highest BCUT2D eigenvalue weighted by Crippen LogP contribution is 2.35. The summed E-state index contributed by atoms with van der Waals surface area (Å²) in [6.45, 7) is 2.46. The Kier molecular flexibility index (Phi) is 2.88. The summed E-state index contributed by atoms with van der Waals surface area (Å²) >= 11 is 0. The Labute approximate surface area is 115 Å². The summed E-state index contributed by atoms with van der Waals surface area (Å²) in [5, 5.41) is 11.8. The van der Waals surface area contributed by atoms with Crippen LogP contribution in [0.5, 0.6) is 0 Å². The zero-order valence-electron chi connectivity index (χ0n) is 11.0. The van der Waals surface area contributed by atoms with Crippen molar-refractivity contribution in [3.63, 3.8) is 0 Å². The monoisotopic (exact) mass is 278 g/mol. The van der Waals surface area contributed by atoms with E-state index in [9.17, 15) is 14.0 Å². The lowest BCUT2D eigenvalue weighted by molar-refractivity contribution is 0.0916. The van der Waals surface area contributed by atoms with Crippen molar-refractivity contribution in [2.45, 2.75) is 25.3 Å². The Balaban J connectivity index is 2.07. The predicted molar refractivity (Wildman–Crippen MR) is 69.4 cm³/mol. The second-order valence-corrected chi connectivity index (χ2v) is 5.27. The summed E-state index contributed by atoms with van der Waals surface area (Å²) in [6.07, 6.45) is -0.339. The van der Waals surface area contributed by atoms with Gasteiger partial charge < -0.3 is 15.3 Å². The number of nitrogens with one attached hydrogen (secondary N) is 1. The average Bonchev–Trinajstić information content (AvgIpc) is 2.82. The van der Waals surface area contributed by atoms with E-state index < -0.39 is 17.8 Å². The zero-order chi connectivity index (χ0) is 14.4. The number of benzene rings is 1. The number of aryl methyl sites for hydroxylation is 1. The maximum Gasteiger partial charge on any atom is 0.407 e. The Morgan fingerprint density at radius 1 is 1.50 bits per heavy atom. The van der Waals surface area contributed by atoms with E-state index in [1.54, 1.807) is 0 Å². The van der Waals surface area contributed by atoms with E-state index in [-0.39, 0.29) is 24.1 Å². The Hall–Kier alpha value is -2.11. The van der Waals surface area contributed by atoms with Crippen molar-refractivity contribution in [1.29, 1.82) is 0 Å². The topological polar surface area (TPSA) is 69.6 Å². The molecule has 1 saturated heterocycles. The second-order valence-electron chi connectivity index (χ2n) is 5.27. The molecular weight excluding hydrogens is 263 g/mol. The summed E-state index contributed by atoms with van der Waals surface area (Å²) in [5.41, 5.74) is 1.53. The number of hydrogen-bond donors (Lipinski definition) is 2. The number of halogens is 1. The first-order valence-corrected chi connectivity index (χ1v) is 6.62. The number of carbonyl (C=O) groups excluding carboxylic acids is 1. The van der Waals surface area contributed by atoms with E-state index in [2.05, 4.69) is 5.32 Å². The third kappa shape index (κ3) is 1.83. The highest BCUT2D eigenvalue weighted by Gasteiger charge is 2.43. The summed E-state index contributed by atoms with van der Waals surface area (Å²) in [6, 6.07) is 2.95. The highest BCUT2D eigenvalue weighted by atomic mass is 19.1. The van der Waals surface area contributed by atoms with Gasteiger partial charge in [-0.2, -0.15) is 0 Å². The SMILES string of the molecule is CCc1cc(F)c2c(c1)C1CN(C(=O)O)CC1NC2=O. The molecule has 0 aromatic heterocycles. The van der Waals surface area contributed by atoms with Crippen LogP contribution in [0, 0.1) is 5.82 Å². The lowest BCUT2D eigenvalue weighted by Gasteiger charge is -2.28. The van der Waals surface area contributed by atoms with Gasteiger partial charge in [-0.25, -0.2) is 9.18 Å². The molecule has 2 aliphatic rings. The van der Waals surface area contributed by atoms with Gasteiger partial charge in [0.05, 0.1) is 11.6 Å². The van der Waals surface area contributed by atoms with Crippen molar-refractivity contribution in [3.8, 4) is 0 Å². The fraction of sp³-hybridized carbons (Fsp3) is 0.429. The third-order valence-corrected chi connectivity index (χ3v) is 4.12. The zero-order valence-corrected chi connectivity index (χ0v) is 11.0. The molecule has 1 fully saturated rings. The van der Waals surface area contributed by atoms with Gasteiger partial charge >= 0.3 is 6.09 Å². The number of carboxylic acid groups (broad SMARTS) is 1.